The van der Waals surface area contributed by atoms with Crippen LogP contribution in [0.4, 0.5) is 0 Å². The summed E-state index contributed by atoms with van der Waals surface area (Å²) >= 11 is 0. The van der Waals surface area contributed by atoms with Crippen LogP contribution in [-0.2, 0) is 0 Å². The topological polar surface area (TPSA) is 81.4 Å². The van der Waals surface area contributed by atoms with Crippen molar-refractivity contribution < 1.29 is 28.4 Å². The highest BCUT2D eigenvalue weighted by Crippen LogP contribution is 2.44. The molecule has 0 bridgehead atoms. The molecule has 0 radical (unpaired) electrons. The van der Waals surface area contributed by atoms with Gasteiger partial charge in [-0.05, 0) is 35.4 Å². The van der Waals surface area contributed by atoms with E-state index in [4.69, 9.17) is 34.2 Å². The van der Waals surface area contributed by atoms with E-state index in [-0.39, 0.29) is 0 Å². The highest BCUT2D eigenvalue weighted by Gasteiger charge is 2.19. The van der Waals surface area contributed by atoms with Crippen LogP contribution in [0.3, 0.4) is 0 Å². The highest BCUT2D eigenvalue weighted by atomic mass is 16.5. The lowest BCUT2D eigenvalue weighted by atomic mass is 9.97. The predicted molar refractivity (Wildman–Crippen MR) is 103 cm³/mol. The molecule has 7 nitrogen and oxygen atoms in total. The molecule has 0 unspecified atom stereocenters. The standard InChI is InChI=1S/C20H25NO6/c1-22-15-7-12(8-16(23-2)19(15)26-5)14(11-21)13-9-17(24-3)20(27-6)18(10-13)25-4/h7-11H,21H2,1-6H3. The van der Waals surface area contributed by atoms with Crippen molar-refractivity contribution in [2.45, 2.75) is 0 Å². The Kier molecular flexibility index (Phi) is 6.65. The van der Waals surface area contributed by atoms with Gasteiger partial charge in [-0.1, -0.05) is 0 Å². The van der Waals surface area contributed by atoms with Crippen LogP contribution in [0.15, 0.2) is 30.5 Å². The molecule has 0 aliphatic carbocycles. The number of rotatable bonds is 8. The molecular formula is C20H25NO6. The third kappa shape index (κ3) is 3.81. The van der Waals surface area contributed by atoms with Gasteiger partial charge >= 0.3 is 0 Å². The summed E-state index contributed by atoms with van der Waals surface area (Å²) in [6.45, 7) is 0. The zero-order valence-electron chi connectivity index (χ0n) is 16.4. The molecule has 2 N–H and O–H groups in total. The maximum absolute atomic E-state index is 5.96. The van der Waals surface area contributed by atoms with Crippen LogP contribution in [0.2, 0.25) is 0 Å². The molecule has 0 spiro atoms. The van der Waals surface area contributed by atoms with E-state index >= 15 is 0 Å². The lowest BCUT2D eigenvalue weighted by Crippen LogP contribution is -2.01. The fraction of sp³-hybridized carbons (Fsp3) is 0.300. The van der Waals surface area contributed by atoms with Gasteiger partial charge in [-0.3, -0.25) is 0 Å². The van der Waals surface area contributed by atoms with Crippen LogP contribution in [0.1, 0.15) is 11.1 Å². The maximum Gasteiger partial charge on any atom is 0.203 e. The Morgan fingerprint density at radius 2 is 0.889 bits per heavy atom. The molecule has 0 saturated carbocycles. The first-order valence-corrected chi connectivity index (χ1v) is 8.11. The monoisotopic (exact) mass is 375 g/mol. The third-order valence-electron chi connectivity index (χ3n) is 4.12. The minimum atomic E-state index is 0.505. The average Bonchev–Trinajstić information content (AvgIpc) is 2.72. The average molecular weight is 375 g/mol. The normalized spacial score (nSPS) is 10.0. The molecule has 0 aliphatic heterocycles. The van der Waals surface area contributed by atoms with Gasteiger partial charge in [-0.25, -0.2) is 0 Å². The molecule has 0 amide bonds. The third-order valence-corrected chi connectivity index (χ3v) is 4.12. The minimum absolute atomic E-state index is 0.505. The summed E-state index contributed by atoms with van der Waals surface area (Å²) < 4.78 is 32.5. The Hall–Kier alpha value is -3.22. The molecule has 0 atom stereocenters. The van der Waals surface area contributed by atoms with Crippen molar-refractivity contribution in [3.63, 3.8) is 0 Å². The van der Waals surface area contributed by atoms with Crippen molar-refractivity contribution in [2.75, 3.05) is 42.7 Å². The molecule has 2 rings (SSSR count). The lowest BCUT2D eigenvalue weighted by Gasteiger charge is -2.18. The molecule has 0 aliphatic rings. The van der Waals surface area contributed by atoms with E-state index in [9.17, 15) is 0 Å². The molecule has 27 heavy (non-hydrogen) atoms. The molecule has 7 heteroatoms. The predicted octanol–water partition coefficient (Wildman–Crippen LogP) is 3.09. The van der Waals surface area contributed by atoms with E-state index in [1.54, 1.807) is 42.7 Å². The summed E-state index contributed by atoms with van der Waals surface area (Å²) in [5.41, 5.74) is 8.24. The minimum Gasteiger partial charge on any atom is -0.493 e. The second kappa shape index (κ2) is 8.93. The first kappa shape index (κ1) is 20.1. The van der Waals surface area contributed by atoms with Crippen molar-refractivity contribution in [3.8, 4) is 34.5 Å². The van der Waals surface area contributed by atoms with Crippen molar-refractivity contribution in [1.82, 2.24) is 0 Å². The zero-order chi connectivity index (χ0) is 20.0. The van der Waals surface area contributed by atoms with Crippen LogP contribution >= 0.6 is 0 Å². The molecule has 0 heterocycles. The van der Waals surface area contributed by atoms with Gasteiger partial charge in [0.2, 0.25) is 11.5 Å². The number of hydrogen-bond acceptors (Lipinski definition) is 7. The number of benzene rings is 2. The smallest absolute Gasteiger partial charge is 0.203 e. The Balaban J connectivity index is 2.68. The Bertz CT molecular complexity index is 716. The van der Waals surface area contributed by atoms with Gasteiger partial charge in [0.1, 0.15) is 0 Å². The SMILES string of the molecule is COc1cc(C(=CN)c2cc(OC)c(OC)c(OC)c2)cc(OC)c1OC. The largest absolute Gasteiger partial charge is 0.493 e. The summed E-state index contributed by atoms with van der Waals surface area (Å²) in [7, 11) is 9.36. The van der Waals surface area contributed by atoms with E-state index in [1.165, 1.54) is 6.20 Å². The maximum atomic E-state index is 5.96. The van der Waals surface area contributed by atoms with Gasteiger partial charge in [0.15, 0.2) is 23.0 Å². The van der Waals surface area contributed by atoms with Crippen LogP contribution in [-0.4, -0.2) is 42.7 Å². The Morgan fingerprint density at radius 1 is 0.593 bits per heavy atom. The molecule has 0 aromatic heterocycles. The second-order valence-electron chi connectivity index (χ2n) is 5.41. The van der Waals surface area contributed by atoms with Crippen LogP contribution in [0.25, 0.3) is 5.57 Å². The van der Waals surface area contributed by atoms with Gasteiger partial charge in [0.25, 0.3) is 0 Å². The second-order valence-corrected chi connectivity index (χ2v) is 5.41. The number of hydrogen-bond donors (Lipinski definition) is 1. The fourth-order valence-corrected chi connectivity index (χ4v) is 2.83. The molecule has 146 valence electrons. The summed E-state index contributed by atoms with van der Waals surface area (Å²) in [4.78, 5) is 0. The van der Waals surface area contributed by atoms with E-state index in [1.807, 2.05) is 24.3 Å². The van der Waals surface area contributed by atoms with Crippen LogP contribution < -0.4 is 34.2 Å². The zero-order valence-corrected chi connectivity index (χ0v) is 16.4. The van der Waals surface area contributed by atoms with Gasteiger partial charge in [0, 0.05) is 11.8 Å². The molecular weight excluding hydrogens is 350 g/mol. The van der Waals surface area contributed by atoms with E-state index in [0.717, 1.165) is 16.7 Å². The molecule has 0 saturated heterocycles. The first-order valence-electron chi connectivity index (χ1n) is 8.11. The van der Waals surface area contributed by atoms with Gasteiger partial charge in [-0.15, -0.1) is 0 Å². The first-order chi connectivity index (χ1) is 13.1. The van der Waals surface area contributed by atoms with E-state index in [0.29, 0.717) is 34.5 Å². The van der Waals surface area contributed by atoms with Crippen molar-refractivity contribution in [1.29, 1.82) is 0 Å². The number of nitrogens with two attached hydrogens (primary N) is 1. The molecule has 0 fully saturated rings. The quantitative estimate of drug-likeness (QED) is 0.759. The highest BCUT2D eigenvalue weighted by molar-refractivity contribution is 5.83. The summed E-state index contributed by atoms with van der Waals surface area (Å²) in [6, 6.07) is 7.29. The van der Waals surface area contributed by atoms with Crippen LogP contribution in [0.5, 0.6) is 34.5 Å². The Morgan fingerprint density at radius 3 is 1.07 bits per heavy atom. The van der Waals surface area contributed by atoms with Gasteiger partial charge in [0.05, 0.1) is 42.7 Å². The van der Waals surface area contributed by atoms with E-state index in [2.05, 4.69) is 0 Å². The van der Waals surface area contributed by atoms with Gasteiger partial charge < -0.3 is 34.2 Å². The van der Waals surface area contributed by atoms with Crippen molar-refractivity contribution >= 4 is 5.57 Å². The summed E-state index contributed by atoms with van der Waals surface area (Å²) in [6.07, 6.45) is 1.50. The Labute approximate surface area is 159 Å². The van der Waals surface area contributed by atoms with Crippen molar-refractivity contribution in [3.05, 3.63) is 41.6 Å². The summed E-state index contributed by atoms with van der Waals surface area (Å²) in [5.74, 6) is 3.12. The van der Waals surface area contributed by atoms with Crippen LogP contribution in [0, 0.1) is 0 Å². The number of methoxy groups -OCH3 is 6. The molecule has 2 aromatic carbocycles. The summed E-state index contributed by atoms with van der Waals surface area (Å²) in [5, 5.41) is 0. The van der Waals surface area contributed by atoms with Gasteiger partial charge in [-0.2, -0.15) is 0 Å². The molecule has 2 aromatic rings. The number of ether oxygens (including phenoxy) is 6. The van der Waals surface area contributed by atoms with Crippen molar-refractivity contribution in [2.24, 2.45) is 5.73 Å². The van der Waals surface area contributed by atoms with E-state index < -0.39 is 0 Å². The fourth-order valence-electron chi connectivity index (χ4n) is 2.83. The lowest BCUT2D eigenvalue weighted by molar-refractivity contribution is 0.324.